The van der Waals surface area contributed by atoms with Gasteiger partial charge in [0.2, 0.25) is 0 Å². The van der Waals surface area contributed by atoms with E-state index in [0.29, 0.717) is 35.6 Å². The molecule has 5 nitrogen and oxygen atoms in total. The van der Waals surface area contributed by atoms with Gasteiger partial charge in [0, 0.05) is 13.1 Å². The Morgan fingerprint density at radius 1 is 1.52 bits per heavy atom. The zero-order valence-corrected chi connectivity index (χ0v) is 14.9. The molecule has 0 saturated heterocycles. The Labute approximate surface area is 134 Å². The number of unbranched alkanes of at least 4 members (excludes halogenated alkanes) is 1. The molecule has 0 aromatic carbocycles. The average molecular weight is 360 g/mol. The second-order valence-corrected chi connectivity index (χ2v) is 7.00. The topological polar surface area (TPSA) is 67.2 Å². The second-order valence-electron chi connectivity index (χ2n) is 6.20. The van der Waals surface area contributed by atoms with Crippen LogP contribution in [0.15, 0.2) is 15.5 Å². The molecule has 2 N–H and O–H groups in total. The van der Waals surface area contributed by atoms with Crippen LogP contribution in [-0.2, 0) is 6.54 Å². The van der Waals surface area contributed by atoms with Crippen LogP contribution in [0.5, 0.6) is 0 Å². The van der Waals surface area contributed by atoms with Crippen molar-refractivity contribution in [3.05, 3.63) is 21.0 Å². The van der Waals surface area contributed by atoms with E-state index in [1.807, 2.05) is 0 Å². The Bertz CT molecular complexity index is 512. The van der Waals surface area contributed by atoms with Gasteiger partial charge in [-0.25, -0.2) is 4.68 Å². The highest BCUT2D eigenvalue weighted by atomic mass is 79.9. The number of aryl methyl sites for hydroxylation is 1. The first-order valence-electron chi connectivity index (χ1n) is 7.48. The van der Waals surface area contributed by atoms with Crippen molar-refractivity contribution >= 4 is 21.6 Å². The third-order valence-corrected chi connectivity index (χ3v) is 3.98. The Balaban J connectivity index is 2.77. The molecule has 120 valence electrons. The molecule has 1 atom stereocenters. The third kappa shape index (κ3) is 5.79. The van der Waals surface area contributed by atoms with Gasteiger partial charge >= 0.3 is 0 Å². The fourth-order valence-corrected chi connectivity index (χ4v) is 2.74. The van der Waals surface area contributed by atoms with E-state index in [2.05, 4.69) is 47.1 Å². The van der Waals surface area contributed by atoms with Crippen LogP contribution in [0.1, 0.15) is 47.0 Å². The number of aliphatic hydroxyl groups is 1. The standard InChI is InChI=1S/C15H26BrN3O2/c1-5-6-7-19-14(20)13(16)12(9-18-19)17-10-15(4,21)8-11(2)3/h9,11,17,21H,5-8,10H2,1-4H3. The lowest BCUT2D eigenvalue weighted by molar-refractivity contribution is 0.0515. The number of hydrogen-bond acceptors (Lipinski definition) is 4. The number of anilines is 1. The number of nitrogens with zero attached hydrogens (tertiary/aromatic N) is 2. The predicted molar refractivity (Wildman–Crippen MR) is 89.7 cm³/mol. The van der Waals surface area contributed by atoms with Crippen molar-refractivity contribution in [3.8, 4) is 0 Å². The summed E-state index contributed by atoms with van der Waals surface area (Å²) in [4.78, 5) is 12.1. The Morgan fingerprint density at radius 2 is 2.19 bits per heavy atom. The molecular weight excluding hydrogens is 334 g/mol. The molecule has 0 aliphatic carbocycles. The molecule has 1 aromatic rings. The molecule has 6 heteroatoms. The third-order valence-electron chi connectivity index (χ3n) is 3.22. The highest BCUT2D eigenvalue weighted by molar-refractivity contribution is 9.10. The Kier molecular flexibility index (Phi) is 6.87. The molecule has 1 rings (SSSR count). The number of halogens is 1. The van der Waals surface area contributed by atoms with E-state index in [0.717, 1.165) is 12.8 Å². The summed E-state index contributed by atoms with van der Waals surface area (Å²) in [5.74, 6) is 0.408. The zero-order chi connectivity index (χ0) is 16.0. The molecular formula is C15H26BrN3O2. The largest absolute Gasteiger partial charge is 0.388 e. The van der Waals surface area contributed by atoms with Gasteiger partial charge in [-0.1, -0.05) is 27.2 Å². The van der Waals surface area contributed by atoms with Crippen LogP contribution in [0.25, 0.3) is 0 Å². The number of hydrogen-bond donors (Lipinski definition) is 2. The fraction of sp³-hybridized carbons (Fsp3) is 0.733. The summed E-state index contributed by atoms with van der Waals surface area (Å²) < 4.78 is 1.93. The summed E-state index contributed by atoms with van der Waals surface area (Å²) in [5.41, 5.74) is -0.334. The van der Waals surface area contributed by atoms with Crippen LogP contribution in [0.4, 0.5) is 5.69 Å². The molecule has 0 saturated carbocycles. The summed E-state index contributed by atoms with van der Waals surface area (Å²) >= 11 is 3.32. The SMILES string of the molecule is CCCCn1ncc(NCC(C)(O)CC(C)C)c(Br)c1=O. The van der Waals surface area contributed by atoms with Gasteiger partial charge in [-0.2, -0.15) is 5.10 Å². The minimum atomic E-state index is -0.815. The second kappa shape index (κ2) is 7.94. The average Bonchev–Trinajstić information content (AvgIpc) is 2.38. The van der Waals surface area contributed by atoms with E-state index in [4.69, 9.17) is 0 Å². The predicted octanol–water partition coefficient (Wildman–Crippen LogP) is 3.01. The normalized spacial score (nSPS) is 14.2. The maximum Gasteiger partial charge on any atom is 0.283 e. The van der Waals surface area contributed by atoms with Gasteiger partial charge in [0.05, 0.1) is 17.5 Å². The van der Waals surface area contributed by atoms with Crippen molar-refractivity contribution in [2.24, 2.45) is 5.92 Å². The molecule has 0 aliphatic heterocycles. The van der Waals surface area contributed by atoms with E-state index in [9.17, 15) is 9.90 Å². The molecule has 1 unspecified atom stereocenters. The van der Waals surface area contributed by atoms with Crippen LogP contribution >= 0.6 is 15.9 Å². The molecule has 0 aliphatic rings. The van der Waals surface area contributed by atoms with Crippen molar-refractivity contribution in [2.45, 2.75) is 59.1 Å². The van der Waals surface area contributed by atoms with Crippen molar-refractivity contribution in [2.75, 3.05) is 11.9 Å². The van der Waals surface area contributed by atoms with E-state index in [1.54, 1.807) is 13.1 Å². The van der Waals surface area contributed by atoms with E-state index in [-0.39, 0.29) is 5.56 Å². The first kappa shape index (κ1) is 18.2. The van der Waals surface area contributed by atoms with Gasteiger partial charge in [-0.3, -0.25) is 4.79 Å². The lowest BCUT2D eigenvalue weighted by Crippen LogP contribution is -2.35. The molecule has 1 aromatic heterocycles. The molecule has 0 spiro atoms. The van der Waals surface area contributed by atoms with Crippen LogP contribution in [-0.4, -0.2) is 27.0 Å². The summed E-state index contributed by atoms with van der Waals surface area (Å²) in [6, 6.07) is 0. The minimum Gasteiger partial charge on any atom is -0.388 e. The molecule has 21 heavy (non-hydrogen) atoms. The molecule has 0 fully saturated rings. The number of aromatic nitrogens is 2. The minimum absolute atomic E-state index is 0.142. The van der Waals surface area contributed by atoms with Gasteiger partial charge in [-0.15, -0.1) is 0 Å². The zero-order valence-electron chi connectivity index (χ0n) is 13.3. The van der Waals surface area contributed by atoms with E-state index in [1.165, 1.54) is 4.68 Å². The number of nitrogens with one attached hydrogen (secondary N) is 1. The van der Waals surface area contributed by atoms with Crippen molar-refractivity contribution in [1.29, 1.82) is 0 Å². The van der Waals surface area contributed by atoms with Gasteiger partial charge in [0.25, 0.3) is 5.56 Å². The maximum atomic E-state index is 12.1. The van der Waals surface area contributed by atoms with E-state index < -0.39 is 5.60 Å². The van der Waals surface area contributed by atoms with Crippen molar-refractivity contribution in [3.63, 3.8) is 0 Å². The van der Waals surface area contributed by atoms with Crippen LogP contribution in [0, 0.1) is 5.92 Å². The van der Waals surface area contributed by atoms with Crippen LogP contribution < -0.4 is 10.9 Å². The van der Waals surface area contributed by atoms with E-state index >= 15 is 0 Å². The van der Waals surface area contributed by atoms with Crippen LogP contribution in [0.3, 0.4) is 0 Å². The summed E-state index contributed by atoms with van der Waals surface area (Å²) in [5, 5.41) is 17.6. The Hall–Kier alpha value is -0.880. The van der Waals surface area contributed by atoms with Gasteiger partial charge in [-0.05, 0) is 41.6 Å². The summed E-state index contributed by atoms with van der Waals surface area (Å²) in [6.07, 6.45) is 4.27. The monoisotopic (exact) mass is 359 g/mol. The summed E-state index contributed by atoms with van der Waals surface area (Å²) in [6.45, 7) is 9.02. The molecule has 0 bridgehead atoms. The maximum absolute atomic E-state index is 12.1. The highest BCUT2D eigenvalue weighted by Crippen LogP contribution is 2.20. The van der Waals surface area contributed by atoms with Crippen molar-refractivity contribution in [1.82, 2.24) is 9.78 Å². The first-order chi connectivity index (χ1) is 9.76. The fourth-order valence-electron chi connectivity index (χ4n) is 2.29. The molecule has 1 heterocycles. The first-order valence-corrected chi connectivity index (χ1v) is 8.28. The van der Waals surface area contributed by atoms with Gasteiger partial charge in [0.15, 0.2) is 0 Å². The molecule has 0 radical (unpaired) electrons. The highest BCUT2D eigenvalue weighted by Gasteiger charge is 2.22. The van der Waals surface area contributed by atoms with Crippen molar-refractivity contribution < 1.29 is 5.11 Å². The quantitative estimate of drug-likeness (QED) is 0.748. The molecule has 0 amide bonds. The lowest BCUT2D eigenvalue weighted by Gasteiger charge is -2.26. The lowest BCUT2D eigenvalue weighted by atomic mass is 9.94. The number of rotatable bonds is 8. The summed E-state index contributed by atoms with van der Waals surface area (Å²) in [7, 11) is 0. The van der Waals surface area contributed by atoms with Gasteiger partial charge in [0.1, 0.15) is 4.47 Å². The van der Waals surface area contributed by atoms with Gasteiger partial charge < -0.3 is 10.4 Å². The van der Waals surface area contributed by atoms with Crippen LogP contribution in [0.2, 0.25) is 0 Å². The smallest absolute Gasteiger partial charge is 0.283 e. The Morgan fingerprint density at radius 3 is 2.76 bits per heavy atom.